The Kier molecular flexibility index (Phi) is 7.01. The van der Waals surface area contributed by atoms with Crippen molar-refractivity contribution >= 4 is 45.5 Å². The third-order valence-electron chi connectivity index (χ3n) is 5.68. The quantitative estimate of drug-likeness (QED) is 0.310. The van der Waals surface area contributed by atoms with Crippen LogP contribution in [-0.4, -0.2) is 31.2 Å². The lowest BCUT2D eigenvalue weighted by Gasteiger charge is -2.26. The average Bonchev–Trinajstić information content (AvgIpc) is 3.36. The maximum absolute atomic E-state index is 13.3. The van der Waals surface area contributed by atoms with Crippen molar-refractivity contribution in [3.8, 4) is 23.0 Å². The number of barbiturate groups is 1. The zero-order valence-corrected chi connectivity index (χ0v) is 21.5. The van der Waals surface area contributed by atoms with Crippen LogP contribution in [0.3, 0.4) is 0 Å². The minimum atomic E-state index is -0.926. The highest BCUT2D eigenvalue weighted by atomic mass is 79.9. The van der Waals surface area contributed by atoms with Gasteiger partial charge >= 0.3 is 6.03 Å². The first-order valence-electron chi connectivity index (χ1n) is 11.5. The lowest BCUT2D eigenvalue weighted by molar-refractivity contribution is -0.122. The normalized spacial score (nSPS) is 15.6. The highest BCUT2D eigenvalue weighted by molar-refractivity contribution is 9.10. The van der Waals surface area contributed by atoms with Gasteiger partial charge in [-0.3, -0.25) is 14.9 Å². The summed E-state index contributed by atoms with van der Waals surface area (Å²) < 4.78 is 36.4. The molecule has 0 spiro atoms. The number of benzene rings is 3. The minimum absolute atomic E-state index is 0.119. The van der Waals surface area contributed by atoms with Crippen LogP contribution in [0.2, 0.25) is 0 Å². The van der Waals surface area contributed by atoms with Crippen molar-refractivity contribution in [2.45, 2.75) is 13.5 Å². The molecule has 2 heterocycles. The molecule has 2 aliphatic heterocycles. The van der Waals surface area contributed by atoms with E-state index < -0.39 is 23.7 Å². The van der Waals surface area contributed by atoms with Gasteiger partial charge in [0.2, 0.25) is 6.79 Å². The Morgan fingerprint density at radius 3 is 2.50 bits per heavy atom. The third kappa shape index (κ3) is 5.05. The fourth-order valence-corrected chi connectivity index (χ4v) is 4.31. The number of hydrogen-bond donors (Lipinski definition) is 1. The summed E-state index contributed by atoms with van der Waals surface area (Å²) in [5.41, 5.74) is 1.13. The summed E-state index contributed by atoms with van der Waals surface area (Å²) in [5.74, 6) is -0.101. The first kappa shape index (κ1) is 25.3. The van der Waals surface area contributed by atoms with Gasteiger partial charge in [0.15, 0.2) is 23.0 Å². The smallest absolute Gasteiger partial charge is 0.335 e. The zero-order chi connectivity index (χ0) is 26.8. The molecule has 38 heavy (non-hydrogen) atoms. The summed E-state index contributed by atoms with van der Waals surface area (Å²) in [6.45, 7) is 2.55. The third-order valence-corrected chi connectivity index (χ3v) is 6.37. The number of fused-ring (bicyclic) bond motifs is 1. The standard InChI is InChI=1S/C27H20BrFN2O7/c1-2-35-23-11-16(20(28)12-24(23)36-13-15-3-8-21-22(9-15)38-14-37-21)10-19-25(32)30-27(34)31(26(19)33)18-6-4-17(29)5-7-18/h3-12H,2,13-14H2,1H3,(H,30,32,34)/b19-10+. The number of nitrogens with zero attached hydrogens (tertiary/aromatic N) is 1. The van der Waals surface area contributed by atoms with E-state index in [9.17, 15) is 18.8 Å². The summed E-state index contributed by atoms with van der Waals surface area (Å²) in [4.78, 5) is 38.9. The summed E-state index contributed by atoms with van der Waals surface area (Å²) >= 11 is 3.46. The first-order valence-corrected chi connectivity index (χ1v) is 12.3. The van der Waals surface area contributed by atoms with Crippen LogP contribution in [0.4, 0.5) is 14.9 Å². The first-order chi connectivity index (χ1) is 18.3. The molecule has 3 aromatic rings. The molecule has 0 radical (unpaired) electrons. The molecule has 1 N–H and O–H groups in total. The fraction of sp³-hybridized carbons (Fsp3) is 0.148. The van der Waals surface area contributed by atoms with Crippen molar-refractivity contribution in [1.29, 1.82) is 0 Å². The Balaban J connectivity index is 1.43. The van der Waals surface area contributed by atoms with E-state index in [1.54, 1.807) is 12.1 Å². The molecule has 0 unspecified atom stereocenters. The van der Waals surface area contributed by atoms with Crippen LogP contribution in [0.5, 0.6) is 23.0 Å². The zero-order valence-electron chi connectivity index (χ0n) is 20.0. The van der Waals surface area contributed by atoms with Gasteiger partial charge < -0.3 is 18.9 Å². The van der Waals surface area contributed by atoms with Gasteiger partial charge in [-0.2, -0.15) is 0 Å². The topological polar surface area (TPSA) is 103 Å². The second-order valence-electron chi connectivity index (χ2n) is 8.16. The van der Waals surface area contributed by atoms with Gasteiger partial charge in [0.05, 0.1) is 12.3 Å². The van der Waals surface area contributed by atoms with Gasteiger partial charge in [0.1, 0.15) is 18.0 Å². The second-order valence-corrected chi connectivity index (χ2v) is 9.02. The van der Waals surface area contributed by atoms with Crippen LogP contribution in [0.1, 0.15) is 18.1 Å². The van der Waals surface area contributed by atoms with Gasteiger partial charge in [-0.15, -0.1) is 0 Å². The number of halogens is 2. The minimum Gasteiger partial charge on any atom is -0.490 e. The molecule has 3 aromatic carbocycles. The number of ether oxygens (including phenoxy) is 4. The van der Waals surface area contributed by atoms with Gasteiger partial charge in [0, 0.05) is 4.47 Å². The number of anilines is 1. The number of nitrogens with one attached hydrogen (secondary N) is 1. The van der Waals surface area contributed by atoms with Gasteiger partial charge in [-0.25, -0.2) is 14.1 Å². The second kappa shape index (κ2) is 10.5. The van der Waals surface area contributed by atoms with Crippen molar-refractivity contribution in [3.63, 3.8) is 0 Å². The van der Waals surface area contributed by atoms with Crippen molar-refractivity contribution in [1.82, 2.24) is 5.32 Å². The number of carbonyl (C=O) groups is 3. The van der Waals surface area contributed by atoms with Crippen LogP contribution >= 0.6 is 15.9 Å². The predicted molar refractivity (Wildman–Crippen MR) is 138 cm³/mol. The SMILES string of the molecule is CCOc1cc(/C=C2\C(=O)NC(=O)N(c3ccc(F)cc3)C2=O)c(Br)cc1OCc1ccc2c(c1)OCO2. The molecular weight excluding hydrogens is 563 g/mol. The van der Waals surface area contributed by atoms with Crippen LogP contribution in [-0.2, 0) is 16.2 Å². The van der Waals surface area contributed by atoms with Crippen LogP contribution < -0.4 is 29.2 Å². The maximum atomic E-state index is 13.3. The molecule has 194 valence electrons. The molecule has 0 aliphatic carbocycles. The van der Waals surface area contributed by atoms with E-state index in [4.69, 9.17) is 18.9 Å². The summed E-state index contributed by atoms with van der Waals surface area (Å²) in [6, 6.07) is 12.6. The molecule has 1 fully saturated rings. The lowest BCUT2D eigenvalue weighted by atomic mass is 10.1. The molecule has 0 aromatic heterocycles. The molecule has 4 amide bonds. The van der Waals surface area contributed by atoms with Crippen molar-refractivity contribution in [3.05, 3.63) is 81.6 Å². The number of urea groups is 1. The summed E-state index contributed by atoms with van der Waals surface area (Å²) in [5, 5.41) is 2.14. The Hall–Kier alpha value is -4.38. The van der Waals surface area contributed by atoms with E-state index in [2.05, 4.69) is 21.2 Å². The molecular formula is C27H20BrFN2O7. The van der Waals surface area contributed by atoms with Gasteiger partial charge in [-0.1, -0.05) is 22.0 Å². The van der Waals surface area contributed by atoms with Crippen molar-refractivity contribution < 1.29 is 37.7 Å². The van der Waals surface area contributed by atoms with Crippen LogP contribution in [0, 0.1) is 5.82 Å². The molecule has 2 aliphatic rings. The number of amides is 4. The Labute approximate surface area is 224 Å². The van der Waals surface area contributed by atoms with Crippen molar-refractivity contribution in [2.24, 2.45) is 0 Å². The molecule has 1 saturated heterocycles. The Morgan fingerprint density at radius 1 is 1.00 bits per heavy atom. The summed E-state index contributed by atoms with van der Waals surface area (Å²) in [7, 11) is 0. The van der Waals surface area contributed by atoms with E-state index in [0.717, 1.165) is 22.6 Å². The lowest BCUT2D eigenvalue weighted by Crippen LogP contribution is -2.54. The summed E-state index contributed by atoms with van der Waals surface area (Å²) in [6.07, 6.45) is 1.34. The Morgan fingerprint density at radius 2 is 1.74 bits per heavy atom. The van der Waals surface area contributed by atoms with E-state index in [1.807, 2.05) is 25.1 Å². The Bertz CT molecular complexity index is 1470. The molecule has 0 saturated carbocycles. The molecule has 0 atom stereocenters. The number of imide groups is 2. The van der Waals surface area contributed by atoms with E-state index in [0.29, 0.717) is 39.6 Å². The highest BCUT2D eigenvalue weighted by Gasteiger charge is 2.37. The monoisotopic (exact) mass is 582 g/mol. The largest absolute Gasteiger partial charge is 0.490 e. The number of rotatable bonds is 7. The van der Waals surface area contributed by atoms with Crippen LogP contribution in [0.25, 0.3) is 6.08 Å². The van der Waals surface area contributed by atoms with Crippen LogP contribution in [0.15, 0.2) is 64.6 Å². The average molecular weight is 583 g/mol. The van der Waals surface area contributed by atoms with Gasteiger partial charge in [-0.05, 0) is 72.7 Å². The molecule has 9 nitrogen and oxygen atoms in total. The predicted octanol–water partition coefficient (Wildman–Crippen LogP) is 4.96. The van der Waals surface area contributed by atoms with E-state index in [-0.39, 0.29) is 24.7 Å². The molecule has 11 heteroatoms. The van der Waals surface area contributed by atoms with Crippen molar-refractivity contribution in [2.75, 3.05) is 18.3 Å². The highest BCUT2D eigenvalue weighted by Crippen LogP contribution is 2.37. The number of hydrogen-bond acceptors (Lipinski definition) is 7. The molecule has 5 rings (SSSR count). The fourth-order valence-electron chi connectivity index (χ4n) is 3.87. The van der Waals surface area contributed by atoms with E-state index in [1.165, 1.54) is 18.2 Å². The van der Waals surface area contributed by atoms with E-state index >= 15 is 0 Å². The van der Waals surface area contributed by atoms with Gasteiger partial charge in [0.25, 0.3) is 11.8 Å². The number of carbonyl (C=O) groups excluding carboxylic acids is 3. The molecule has 0 bridgehead atoms. The maximum Gasteiger partial charge on any atom is 0.335 e.